The maximum atomic E-state index is 12.0. The number of carbonyl (C=O) groups is 1. The van der Waals surface area contributed by atoms with E-state index in [2.05, 4.69) is 21.2 Å². The second kappa shape index (κ2) is 6.09. The van der Waals surface area contributed by atoms with E-state index in [9.17, 15) is 9.90 Å². The Morgan fingerprint density at radius 3 is 2.72 bits per heavy atom. The number of nitrogens with one attached hydrogen (secondary N) is 1. The summed E-state index contributed by atoms with van der Waals surface area (Å²) >= 11 is 3.39. The van der Waals surface area contributed by atoms with Gasteiger partial charge in [0.2, 0.25) is 0 Å². The van der Waals surface area contributed by atoms with Crippen LogP contribution in [0.1, 0.15) is 24.2 Å². The highest BCUT2D eigenvalue weighted by Crippen LogP contribution is 2.29. The molecule has 4 nitrogen and oxygen atoms in total. The SMILES string of the molecule is COc1cccc(C(=O)NCC(C)(C)CBr)c1O. The number of ether oxygens (including phenoxy) is 1. The molecule has 0 aliphatic rings. The van der Waals surface area contributed by atoms with Crippen LogP contribution in [0.25, 0.3) is 0 Å². The zero-order valence-corrected chi connectivity index (χ0v) is 12.4. The quantitative estimate of drug-likeness (QED) is 0.821. The topological polar surface area (TPSA) is 58.6 Å². The molecule has 1 aromatic carbocycles. The van der Waals surface area contributed by atoms with Gasteiger partial charge in [0.05, 0.1) is 12.7 Å². The lowest BCUT2D eigenvalue weighted by atomic mass is 9.96. The van der Waals surface area contributed by atoms with Crippen molar-refractivity contribution in [3.63, 3.8) is 0 Å². The van der Waals surface area contributed by atoms with Crippen LogP contribution in [0.4, 0.5) is 0 Å². The number of para-hydroxylation sites is 1. The number of phenols is 1. The minimum Gasteiger partial charge on any atom is -0.504 e. The molecule has 0 saturated heterocycles. The molecule has 0 bridgehead atoms. The van der Waals surface area contributed by atoms with Gasteiger partial charge in [0.1, 0.15) is 0 Å². The number of methoxy groups -OCH3 is 1. The molecule has 18 heavy (non-hydrogen) atoms. The number of amides is 1. The molecule has 100 valence electrons. The lowest BCUT2D eigenvalue weighted by Gasteiger charge is -2.22. The largest absolute Gasteiger partial charge is 0.504 e. The number of hydrogen-bond donors (Lipinski definition) is 2. The Labute approximate surface area is 115 Å². The molecule has 0 saturated carbocycles. The molecule has 5 heteroatoms. The number of carbonyl (C=O) groups excluding carboxylic acids is 1. The van der Waals surface area contributed by atoms with E-state index in [0.717, 1.165) is 5.33 Å². The lowest BCUT2D eigenvalue weighted by Crippen LogP contribution is -2.34. The van der Waals surface area contributed by atoms with Crippen LogP contribution in [0, 0.1) is 5.41 Å². The van der Waals surface area contributed by atoms with Crippen molar-refractivity contribution in [1.82, 2.24) is 5.32 Å². The molecular weight excluding hydrogens is 298 g/mol. The predicted octanol–water partition coefficient (Wildman–Crippen LogP) is 2.55. The summed E-state index contributed by atoms with van der Waals surface area (Å²) in [6.07, 6.45) is 0. The standard InChI is InChI=1S/C13H18BrNO3/c1-13(2,7-14)8-15-12(17)9-5-4-6-10(18-3)11(9)16/h4-6,16H,7-8H2,1-3H3,(H,15,17). The van der Waals surface area contributed by atoms with E-state index >= 15 is 0 Å². The molecule has 1 amide bonds. The van der Waals surface area contributed by atoms with Crippen LogP contribution in [-0.2, 0) is 0 Å². The van der Waals surface area contributed by atoms with E-state index in [-0.39, 0.29) is 22.6 Å². The molecular formula is C13H18BrNO3. The molecule has 0 fully saturated rings. The zero-order valence-electron chi connectivity index (χ0n) is 10.8. The predicted molar refractivity (Wildman–Crippen MR) is 74.6 cm³/mol. The normalized spacial score (nSPS) is 11.1. The third-order valence-corrected chi connectivity index (χ3v) is 4.07. The van der Waals surface area contributed by atoms with Crippen molar-refractivity contribution in [3.05, 3.63) is 23.8 Å². The van der Waals surface area contributed by atoms with Gasteiger partial charge in [-0.25, -0.2) is 0 Å². The lowest BCUT2D eigenvalue weighted by molar-refractivity contribution is 0.0937. The fourth-order valence-corrected chi connectivity index (χ4v) is 1.53. The van der Waals surface area contributed by atoms with Crippen molar-refractivity contribution in [2.75, 3.05) is 19.0 Å². The first-order valence-electron chi connectivity index (χ1n) is 5.61. The smallest absolute Gasteiger partial charge is 0.255 e. The van der Waals surface area contributed by atoms with Crippen LogP contribution >= 0.6 is 15.9 Å². The molecule has 0 unspecified atom stereocenters. The highest BCUT2D eigenvalue weighted by molar-refractivity contribution is 9.09. The van der Waals surface area contributed by atoms with Gasteiger partial charge in [-0.1, -0.05) is 35.8 Å². The van der Waals surface area contributed by atoms with E-state index in [0.29, 0.717) is 12.3 Å². The summed E-state index contributed by atoms with van der Waals surface area (Å²) < 4.78 is 4.96. The molecule has 0 aliphatic carbocycles. The van der Waals surface area contributed by atoms with Crippen LogP contribution in [0.3, 0.4) is 0 Å². The molecule has 0 atom stereocenters. The van der Waals surface area contributed by atoms with Crippen molar-refractivity contribution < 1.29 is 14.6 Å². The van der Waals surface area contributed by atoms with Crippen LogP contribution in [0.2, 0.25) is 0 Å². The summed E-state index contributed by atoms with van der Waals surface area (Å²) in [5.74, 6) is -0.142. The van der Waals surface area contributed by atoms with E-state index in [4.69, 9.17) is 4.74 Å². The van der Waals surface area contributed by atoms with Gasteiger partial charge < -0.3 is 15.2 Å². The summed E-state index contributed by atoms with van der Waals surface area (Å²) in [5.41, 5.74) is 0.184. The highest BCUT2D eigenvalue weighted by atomic mass is 79.9. The molecule has 0 aliphatic heterocycles. The molecule has 0 spiro atoms. The van der Waals surface area contributed by atoms with Crippen LogP contribution < -0.4 is 10.1 Å². The summed E-state index contributed by atoms with van der Waals surface area (Å²) in [5, 5.41) is 13.4. The first-order chi connectivity index (χ1) is 8.41. The Balaban J connectivity index is 2.79. The van der Waals surface area contributed by atoms with Crippen molar-refractivity contribution in [1.29, 1.82) is 0 Å². The third kappa shape index (κ3) is 3.63. The minimum atomic E-state index is -0.305. The van der Waals surface area contributed by atoms with E-state index < -0.39 is 0 Å². The number of aromatic hydroxyl groups is 1. The number of halogens is 1. The maximum Gasteiger partial charge on any atom is 0.255 e. The second-order valence-electron chi connectivity index (χ2n) is 4.84. The number of benzene rings is 1. The van der Waals surface area contributed by atoms with Crippen molar-refractivity contribution in [2.45, 2.75) is 13.8 Å². The van der Waals surface area contributed by atoms with Gasteiger partial charge in [-0.2, -0.15) is 0 Å². The van der Waals surface area contributed by atoms with Gasteiger partial charge in [-0.05, 0) is 17.5 Å². The Kier molecular flexibility index (Phi) is 5.02. The molecule has 2 N–H and O–H groups in total. The summed E-state index contributed by atoms with van der Waals surface area (Å²) in [4.78, 5) is 12.0. The van der Waals surface area contributed by atoms with E-state index in [1.165, 1.54) is 7.11 Å². The Morgan fingerprint density at radius 2 is 2.17 bits per heavy atom. The highest BCUT2D eigenvalue weighted by Gasteiger charge is 2.20. The maximum absolute atomic E-state index is 12.0. The number of hydrogen-bond acceptors (Lipinski definition) is 3. The van der Waals surface area contributed by atoms with Crippen molar-refractivity contribution in [2.24, 2.45) is 5.41 Å². The molecule has 0 heterocycles. The molecule has 0 radical (unpaired) electrons. The molecule has 0 aromatic heterocycles. The summed E-state index contributed by atoms with van der Waals surface area (Å²) in [7, 11) is 1.45. The monoisotopic (exact) mass is 315 g/mol. The Morgan fingerprint density at radius 1 is 1.50 bits per heavy atom. The van der Waals surface area contributed by atoms with Gasteiger partial charge in [0, 0.05) is 11.9 Å². The first kappa shape index (κ1) is 14.8. The number of alkyl halides is 1. The fourth-order valence-electron chi connectivity index (χ4n) is 1.33. The van der Waals surface area contributed by atoms with Crippen LogP contribution in [0.15, 0.2) is 18.2 Å². The van der Waals surface area contributed by atoms with Gasteiger partial charge >= 0.3 is 0 Å². The molecule has 1 aromatic rings. The second-order valence-corrected chi connectivity index (χ2v) is 5.40. The minimum absolute atomic E-state index is 0.0376. The molecule has 1 rings (SSSR count). The average molecular weight is 316 g/mol. The van der Waals surface area contributed by atoms with E-state index in [1.54, 1.807) is 18.2 Å². The van der Waals surface area contributed by atoms with Crippen LogP contribution in [-0.4, -0.2) is 30.0 Å². The van der Waals surface area contributed by atoms with Crippen molar-refractivity contribution in [3.8, 4) is 11.5 Å². The third-order valence-electron chi connectivity index (χ3n) is 2.55. The van der Waals surface area contributed by atoms with E-state index in [1.807, 2.05) is 13.8 Å². The van der Waals surface area contributed by atoms with Crippen LogP contribution in [0.5, 0.6) is 11.5 Å². The zero-order chi connectivity index (χ0) is 13.8. The summed E-state index contributed by atoms with van der Waals surface area (Å²) in [6, 6.07) is 4.84. The Hall–Kier alpha value is -1.23. The average Bonchev–Trinajstić information content (AvgIpc) is 2.36. The Bertz CT molecular complexity index is 432. The van der Waals surface area contributed by atoms with Gasteiger partial charge in [-0.15, -0.1) is 0 Å². The van der Waals surface area contributed by atoms with Gasteiger partial charge in [0.25, 0.3) is 5.91 Å². The number of rotatable bonds is 5. The van der Waals surface area contributed by atoms with Gasteiger partial charge in [0.15, 0.2) is 11.5 Å². The van der Waals surface area contributed by atoms with Gasteiger partial charge in [-0.3, -0.25) is 4.79 Å². The fraction of sp³-hybridized carbons (Fsp3) is 0.462. The number of phenolic OH excluding ortho intramolecular Hbond substituents is 1. The van der Waals surface area contributed by atoms with Crippen molar-refractivity contribution >= 4 is 21.8 Å². The first-order valence-corrected chi connectivity index (χ1v) is 6.73. The summed E-state index contributed by atoms with van der Waals surface area (Å²) in [6.45, 7) is 4.59.